The fourth-order valence-electron chi connectivity index (χ4n) is 1.31. The van der Waals surface area contributed by atoms with Crippen molar-refractivity contribution in [3.63, 3.8) is 0 Å². The van der Waals surface area contributed by atoms with Gasteiger partial charge in [0.1, 0.15) is 0 Å². The zero-order chi connectivity index (χ0) is 13.0. The van der Waals surface area contributed by atoms with E-state index in [2.05, 4.69) is 15.6 Å². The van der Waals surface area contributed by atoms with Crippen LogP contribution in [0.25, 0.3) is 0 Å². The lowest BCUT2D eigenvalue weighted by molar-refractivity contribution is 1.33. The molecular weight excluding hydrogens is 289 g/mol. The van der Waals surface area contributed by atoms with Crippen LogP contribution >= 0.6 is 35.4 Å². The number of aromatic nitrogens is 1. The molecule has 2 N–H and O–H groups in total. The van der Waals surface area contributed by atoms with Crippen molar-refractivity contribution >= 4 is 51.9 Å². The maximum atomic E-state index is 6.03. The molecule has 2 aromatic rings. The smallest absolute Gasteiger partial charge is 0.175 e. The number of nitrogens with zero attached hydrogens (tertiary/aromatic N) is 1. The minimum Gasteiger partial charge on any atom is -0.331 e. The molecule has 1 aromatic heterocycles. The van der Waals surface area contributed by atoms with Gasteiger partial charge in [0.05, 0.1) is 22.6 Å². The highest BCUT2D eigenvalue weighted by molar-refractivity contribution is 7.80. The van der Waals surface area contributed by atoms with Gasteiger partial charge >= 0.3 is 0 Å². The summed E-state index contributed by atoms with van der Waals surface area (Å²) in [4.78, 5) is 3.98. The van der Waals surface area contributed by atoms with Crippen molar-refractivity contribution < 1.29 is 0 Å². The third-order valence-electron chi connectivity index (χ3n) is 2.10. The molecule has 6 heteroatoms. The number of benzene rings is 1. The van der Waals surface area contributed by atoms with Gasteiger partial charge in [-0.1, -0.05) is 23.2 Å². The van der Waals surface area contributed by atoms with Crippen molar-refractivity contribution in [2.24, 2.45) is 0 Å². The van der Waals surface area contributed by atoms with Gasteiger partial charge in [0.2, 0.25) is 0 Å². The van der Waals surface area contributed by atoms with Crippen LogP contribution in [0.1, 0.15) is 0 Å². The molecule has 0 saturated carbocycles. The maximum absolute atomic E-state index is 6.03. The van der Waals surface area contributed by atoms with Crippen molar-refractivity contribution in [1.29, 1.82) is 0 Å². The lowest BCUT2D eigenvalue weighted by atomic mass is 10.3. The number of nitrogens with one attached hydrogen (secondary N) is 2. The third kappa shape index (κ3) is 3.57. The second-order valence-corrected chi connectivity index (χ2v) is 4.70. The van der Waals surface area contributed by atoms with Crippen LogP contribution in [0.4, 0.5) is 11.4 Å². The highest BCUT2D eigenvalue weighted by atomic mass is 35.5. The van der Waals surface area contributed by atoms with Crippen molar-refractivity contribution in [2.75, 3.05) is 10.6 Å². The predicted octanol–water partition coefficient (Wildman–Crippen LogP) is 4.20. The Morgan fingerprint density at radius 1 is 1.17 bits per heavy atom. The van der Waals surface area contributed by atoms with Crippen LogP contribution in [0, 0.1) is 0 Å². The Morgan fingerprint density at radius 2 is 2.00 bits per heavy atom. The summed E-state index contributed by atoms with van der Waals surface area (Å²) < 4.78 is 0. The van der Waals surface area contributed by atoms with E-state index in [0.717, 1.165) is 5.69 Å². The quantitative estimate of drug-likeness (QED) is 0.815. The SMILES string of the molecule is S=C(Nc1cccnc1)Nc1ccc(Cl)cc1Cl. The molecule has 0 radical (unpaired) electrons. The average Bonchev–Trinajstić information content (AvgIpc) is 2.34. The standard InChI is InChI=1S/C12H9Cl2N3S/c13-8-3-4-11(10(14)6-8)17-12(18)16-9-2-1-5-15-7-9/h1-7H,(H2,16,17,18). The van der Waals surface area contributed by atoms with E-state index >= 15 is 0 Å². The van der Waals surface area contributed by atoms with Gasteiger partial charge in [-0.15, -0.1) is 0 Å². The highest BCUT2D eigenvalue weighted by Crippen LogP contribution is 2.25. The van der Waals surface area contributed by atoms with Gasteiger partial charge in [0.15, 0.2) is 5.11 Å². The van der Waals surface area contributed by atoms with Crippen molar-refractivity contribution in [2.45, 2.75) is 0 Å². The molecule has 18 heavy (non-hydrogen) atoms. The molecule has 0 spiro atoms. The lowest BCUT2D eigenvalue weighted by Crippen LogP contribution is -2.19. The summed E-state index contributed by atoms with van der Waals surface area (Å²) in [5.41, 5.74) is 1.50. The largest absolute Gasteiger partial charge is 0.331 e. The summed E-state index contributed by atoms with van der Waals surface area (Å²) in [5, 5.41) is 7.52. The predicted molar refractivity (Wildman–Crippen MR) is 80.5 cm³/mol. The number of anilines is 2. The first-order chi connectivity index (χ1) is 8.65. The molecule has 1 heterocycles. The van der Waals surface area contributed by atoms with E-state index in [-0.39, 0.29) is 0 Å². The Kier molecular flexibility index (Phi) is 4.36. The Bertz CT molecular complexity index is 561. The molecule has 0 aliphatic rings. The van der Waals surface area contributed by atoms with Gasteiger partial charge in [-0.2, -0.15) is 0 Å². The fourth-order valence-corrected chi connectivity index (χ4v) is 2.00. The first-order valence-electron chi connectivity index (χ1n) is 5.08. The molecule has 1 aromatic carbocycles. The second-order valence-electron chi connectivity index (χ2n) is 3.44. The van der Waals surface area contributed by atoms with Gasteiger partial charge < -0.3 is 10.6 Å². The second kappa shape index (κ2) is 6.00. The Balaban J connectivity index is 2.03. The summed E-state index contributed by atoms with van der Waals surface area (Å²) >= 11 is 17.0. The highest BCUT2D eigenvalue weighted by Gasteiger charge is 2.03. The van der Waals surface area contributed by atoms with E-state index < -0.39 is 0 Å². The normalized spacial score (nSPS) is 9.89. The van der Waals surface area contributed by atoms with Crippen LogP contribution in [0.15, 0.2) is 42.7 Å². The first kappa shape index (κ1) is 13.1. The zero-order valence-electron chi connectivity index (χ0n) is 9.15. The fraction of sp³-hybridized carbons (Fsp3) is 0. The lowest BCUT2D eigenvalue weighted by Gasteiger charge is -2.11. The molecule has 0 bridgehead atoms. The number of halogens is 2. The molecule has 0 saturated heterocycles. The summed E-state index contributed by atoms with van der Waals surface area (Å²) in [6.07, 6.45) is 3.37. The maximum Gasteiger partial charge on any atom is 0.175 e. The number of hydrogen-bond acceptors (Lipinski definition) is 2. The van der Waals surface area contributed by atoms with Crippen molar-refractivity contribution in [1.82, 2.24) is 4.98 Å². The first-order valence-corrected chi connectivity index (χ1v) is 6.24. The van der Waals surface area contributed by atoms with Gasteiger partial charge in [-0.05, 0) is 42.5 Å². The number of hydrogen-bond donors (Lipinski definition) is 2. The summed E-state index contributed by atoms with van der Waals surface area (Å²) in [6.45, 7) is 0. The average molecular weight is 298 g/mol. The van der Waals surface area contributed by atoms with E-state index in [1.807, 2.05) is 12.1 Å². The summed E-state index contributed by atoms with van der Waals surface area (Å²) in [6, 6.07) is 8.84. The van der Waals surface area contributed by atoms with Crippen LogP contribution in [-0.2, 0) is 0 Å². The van der Waals surface area contributed by atoms with E-state index in [1.54, 1.807) is 30.6 Å². The zero-order valence-corrected chi connectivity index (χ0v) is 11.5. The van der Waals surface area contributed by atoms with Gasteiger partial charge in [-0.3, -0.25) is 4.98 Å². The molecule has 0 amide bonds. The van der Waals surface area contributed by atoms with E-state index in [0.29, 0.717) is 20.8 Å². The molecule has 3 nitrogen and oxygen atoms in total. The van der Waals surface area contributed by atoms with Crippen LogP contribution in [-0.4, -0.2) is 10.1 Å². The van der Waals surface area contributed by atoms with E-state index in [1.165, 1.54) is 0 Å². The van der Waals surface area contributed by atoms with Gasteiger partial charge in [0.25, 0.3) is 0 Å². The van der Waals surface area contributed by atoms with Crippen LogP contribution in [0.3, 0.4) is 0 Å². The third-order valence-corrected chi connectivity index (χ3v) is 2.85. The molecule has 0 aliphatic heterocycles. The van der Waals surface area contributed by atoms with Crippen molar-refractivity contribution in [3.8, 4) is 0 Å². The Morgan fingerprint density at radius 3 is 2.67 bits per heavy atom. The number of pyridine rings is 1. The molecular formula is C12H9Cl2N3S. The van der Waals surface area contributed by atoms with Crippen LogP contribution in [0.2, 0.25) is 10.0 Å². The minimum absolute atomic E-state index is 0.437. The monoisotopic (exact) mass is 297 g/mol. The topological polar surface area (TPSA) is 37.0 Å². The molecule has 2 rings (SSSR count). The molecule has 0 fully saturated rings. The van der Waals surface area contributed by atoms with E-state index in [4.69, 9.17) is 35.4 Å². The van der Waals surface area contributed by atoms with Crippen molar-refractivity contribution in [3.05, 3.63) is 52.8 Å². The Labute approximate surface area is 120 Å². The van der Waals surface area contributed by atoms with Gasteiger partial charge in [-0.25, -0.2) is 0 Å². The minimum atomic E-state index is 0.437. The van der Waals surface area contributed by atoms with Crippen LogP contribution < -0.4 is 10.6 Å². The molecule has 0 atom stereocenters. The Hall–Kier alpha value is -1.36. The number of thiocarbonyl (C=S) groups is 1. The van der Waals surface area contributed by atoms with Gasteiger partial charge in [0, 0.05) is 11.2 Å². The van der Waals surface area contributed by atoms with E-state index in [9.17, 15) is 0 Å². The number of rotatable bonds is 2. The summed E-state index contributed by atoms with van der Waals surface area (Å²) in [5.74, 6) is 0. The molecule has 0 unspecified atom stereocenters. The molecule has 92 valence electrons. The summed E-state index contributed by atoms with van der Waals surface area (Å²) in [7, 11) is 0. The molecule has 0 aliphatic carbocycles. The van der Waals surface area contributed by atoms with Crippen LogP contribution in [0.5, 0.6) is 0 Å².